The van der Waals surface area contributed by atoms with E-state index in [1.807, 2.05) is 65.2 Å². The molecule has 3 N–H and O–H groups in total. The number of anilines is 1. The summed E-state index contributed by atoms with van der Waals surface area (Å²) in [5.41, 5.74) is 5.13. The number of pyridine rings is 1. The molecule has 2 aromatic carbocycles. The topological polar surface area (TPSA) is 119 Å². The average molecular weight is 594 g/mol. The van der Waals surface area contributed by atoms with Crippen LogP contribution in [0.5, 0.6) is 5.75 Å². The summed E-state index contributed by atoms with van der Waals surface area (Å²) in [6.45, 7) is 10.4. The summed E-state index contributed by atoms with van der Waals surface area (Å²) in [5.74, 6) is 2.44. The van der Waals surface area contributed by atoms with Gasteiger partial charge >= 0.3 is 6.03 Å². The number of amides is 2. The van der Waals surface area contributed by atoms with Crippen molar-refractivity contribution in [2.24, 2.45) is 0 Å². The van der Waals surface area contributed by atoms with E-state index in [2.05, 4.69) is 67.6 Å². The van der Waals surface area contributed by atoms with Crippen molar-refractivity contribution in [3.63, 3.8) is 0 Å². The number of benzene rings is 2. The summed E-state index contributed by atoms with van der Waals surface area (Å²) < 4.78 is 10.2. The summed E-state index contributed by atoms with van der Waals surface area (Å²) in [6, 6.07) is 20.9. The fourth-order valence-corrected chi connectivity index (χ4v) is 5.63. The zero-order valence-electron chi connectivity index (χ0n) is 25.8. The van der Waals surface area contributed by atoms with Gasteiger partial charge in [-0.25, -0.2) is 9.48 Å². The molecular formula is C34H39N7O3. The van der Waals surface area contributed by atoms with E-state index in [-0.39, 0.29) is 36.1 Å². The van der Waals surface area contributed by atoms with Gasteiger partial charge in [0.2, 0.25) is 0 Å². The maximum atomic E-state index is 13.4. The van der Waals surface area contributed by atoms with E-state index < -0.39 is 0 Å². The molecular weight excluding hydrogens is 554 g/mol. The molecule has 44 heavy (non-hydrogen) atoms. The van der Waals surface area contributed by atoms with Crippen LogP contribution in [-0.4, -0.2) is 35.5 Å². The Morgan fingerprint density at radius 2 is 1.77 bits per heavy atom. The maximum Gasteiger partial charge on any atom is 0.320 e. The van der Waals surface area contributed by atoms with Crippen molar-refractivity contribution in [3.8, 4) is 11.4 Å². The summed E-state index contributed by atoms with van der Waals surface area (Å²) in [7, 11) is 0. The van der Waals surface area contributed by atoms with Gasteiger partial charge in [0, 0.05) is 17.4 Å². The fourth-order valence-electron chi connectivity index (χ4n) is 5.63. The van der Waals surface area contributed by atoms with Gasteiger partial charge in [0.1, 0.15) is 23.5 Å². The number of aliphatic hydroxyl groups excluding tert-OH is 1. The second-order valence-corrected chi connectivity index (χ2v) is 12.7. The number of urea groups is 1. The van der Waals surface area contributed by atoms with Crippen molar-refractivity contribution in [1.82, 2.24) is 29.7 Å². The van der Waals surface area contributed by atoms with Crippen LogP contribution in [0, 0.1) is 0 Å². The number of hydrogen-bond donors (Lipinski definition) is 3. The first kappa shape index (κ1) is 29.4. The Bertz CT molecular complexity index is 1780. The van der Waals surface area contributed by atoms with Crippen LogP contribution in [0.3, 0.4) is 0 Å². The number of hydrogen-bond acceptors (Lipinski definition) is 6. The van der Waals surface area contributed by atoms with Crippen LogP contribution in [0.2, 0.25) is 0 Å². The van der Waals surface area contributed by atoms with E-state index >= 15 is 0 Å². The second kappa shape index (κ2) is 11.8. The SMILES string of the molecule is CC(C)c1nnc2ccc(O[C@@H]3CC[C@H](NC(=O)Nc4cc(C(C)(C)C)nn4-c4ccc(CO)cc4)c4ccccc43)cn12. The molecule has 6 rings (SSSR count). The predicted molar refractivity (Wildman–Crippen MR) is 169 cm³/mol. The lowest BCUT2D eigenvalue weighted by atomic mass is 9.85. The van der Waals surface area contributed by atoms with Crippen LogP contribution in [0.25, 0.3) is 11.3 Å². The standard InChI is InChI=1S/C34H39N7O3/c1-21(2)32-38-37-30-17-14-24(19-40(30)32)44-28-16-15-27(25-8-6-7-9-26(25)28)35-33(43)36-31-18-29(34(3,4)5)39-41(31)23-12-10-22(20-42)11-13-23/h6-14,17-19,21,27-28,42H,15-16,20H2,1-5H3,(H2,35,36,43)/t27-,28+/m0/s1. The van der Waals surface area contributed by atoms with E-state index in [1.165, 1.54) is 0 Å². The van der Waals surface area contributed by atoms with E-state index in [1.54, 1.807) is 4.68 Å². The van der Waals surface area contributed by atoms with E-state index in [0.717, 1.165) is 58.1 Å². The highest BCUT2D eigenvalue weighted by atomic mass is 16.5. The van der Waals surface area contributed by atoms with Crippen molar-refractivity contribution in [1.29, 1.82) is 0 Å². The molecule has 0 saturated heterocycles. The lowest BCUT2D eigenvalue weighted by molar-refractivity contribution is 0.171. The molecule has 0 aliphatic heterocycles. The third-order valence-corrected chi connectivity index (χ3v) is 8.02. The van der Waals surface area contributed by atoms with Gasteiger partial charge in [-0.2, -0.15) is 5.10 Å². The molecule has 2 amide bonds. The number of aromatic nitrogens is 5. The Hall–Kier alpha value is -4.70. The van der Waals surface area contributed by atoms with Crippen LogP contribution in [0.4, 0.5) is 10.6 Å². The normalized spacial score (nSPS) is 16.6. The largest absolute Gasteiger partial charge is 0.484 e. The minimum Gasteiger partial charge on any atom is -0.484 e. The van der Waals surface area contributed by atoms with Crippen LogP contribution in [0.15, 0.2) is 72.9 Å². The molecule has 5 aromatic rings. The van der Waals surface area contributed by atoms with Gasteiger partial charge in [0.05, 0.1) is 30.2 Å². The molecule has 2 atom stereocenters. The quantitative estimate of drug-likeness (QED) is 0.196. The number of fused-ring (bicyclic) bond motifs is 2. The molecule has 3 heterocycles. The molecule has 0 unspecified atom stereocenters. The molecule has 0 radical (unpaired) electrons. The first-order valence-electron chi connectivity index (χ1n) is 15.1. The molecule has 228 valence electrons. The summed E-state index contributed by atoms with van der Waals surface area (Å²) in [5, 5.41) is 29.1. The number of nitrogens with zero attached hydrogens (tertiary/aromatic N) is 5. The van der Waals surface area contributed by atoms with Gasteiger partial charge in [-0.15, -0.1) is 10.2 Å². The molecule has 0 spiro atoms. The Balaban J connectivity index is 1.21. The summed E-state index contributed by atoms with van der Waals surface area (Å²) in [4.78, 5) is 13.4. The molecule has 1 aliphatic rings. The Morgan fingerprint density at radius 3 is 2.48 bits per heavy atom. The van der Waals surface area contributed by atoms with Crippen molar-refractivity contribution >= 4 is 17.5 Å². The third kappa shape index (κ3) is 5.90. The monoisotopic (exact) mass is 593 g/mol. The van der Waals surface area contributed by atoms with Crippen molar-refractivity contribution in [2.75, 3.05) is 5.32 Å². The van der Waals surface area contributed by atoms with E-state index in [0.29, 0.717) is 5.82 Å². The Labute approximate surface area is 257 Å². The molecule has 1 aliphatic carbocycles. The van der Waals surface area contributed by atoms with Gasteiger partial charge in [-0.3, -0.25) is 9.72 Å². The zero-order chi connectivity index (χ0) is 31.0. The van der Waals surface area contributed by atoms with Crippen molar-refractivity contribution in [2.45, 2.75) is 77.5 Å². The van der Waals surface area contributed by atoms with Crippen LogP contribution < -0.4 is 15.4 Å². The predicted octanol–water partition coefficient (Wildman–Crippen LogP) is 6.60. The number of carbonyl (C=O) groups excluding carboxylic acids is 1. The van der Waals surface area contributed by atoms with Gasteiger partial charge in [-0.05, 0) is 53.8 Å². The molecule has 10 nitrogen and oxygen atoms in total. The minimum atomic E-state index is -0.308. The minimum absolute atomic E-state index is 0.0364. The second-order valence-electron chi connectivity index (χ2n) is 12.7. The van der Waals surface area contributed by atoms with Crippen LogP contribution in [-0.2, 0) is 12.0 Å². The first-order valence-corrected chi connectivity index (χ1v) is 15.1. The average Bonchev–Trinajstić information content (AvgIpc) is 3.63. The molecule has 10 heteroatoms. The maximum absolute atomic E-state index is 13.4. The highest BCUT2D eigenvalue weighted by Gasteiger charge is 2.30. The van der Waals surface area contributed by atoms with Crippen LogP contribution in [0.1, 0.15) is 93.7 Å². The van der Waals surface area contributed by atoms with Gasteiger partial charge in [0.25, 0.3) is 0 Å². The van der Waals surface area contributed by atoms with Gasteiger partial charge in [-0.1, -0.05) is 71.0 Å². The number of aliphatic hydroxyl groups is 1. The summed E-state index contributed by atoms with van der Waals surface area (Å²) >= 11 is 0. The molecule has 0 bridgehead atoms. The molecule has 0 saturated carbocycles. The Morgan fingerprint density at radius 1 is 1.02 bits per heavy atom. The highest BCUT2D eigenvalue weighted by molar-refractivity contribution is 5.89. The van der Waals surface area contributed by atoms with Crippen LogP contribution >= 0.6 is 0 Å². The fraction of sp³-hybridized carbons (Fsp3) is 0.353. The van der Waals surface area contributed by atoms with Gasteiger partial charge < -0.3 is 15.2 Å². The number of nitrogens with one attached hydrogen (secondary N) is 2. The number of carbonyl (C=O) groups is 1. The highest BCUT2D eigenvalue weighted by Crippen LogP contribution is 2.39. The third-order valence-electron chi connectivity index (χ3n) is 8.02. The molecule has 0 fully saturated rings. The number of rotatable bonds is 7. The van der Waals surface area contributed by atoms with E-state index in [9.17, 15) is 9.90 Å². The van der Waals surface area contributed by atoms with Crippen molar-refractivity contribution in [3.05, 3.63) is 101 Å². The Kier molecular flexibility index (Phi) is 7.85. The van der Waals surface area contributed by atoms with E-state index in [4.69, 9.17) is 9.84 Å². The first-order chi connectivity index (χ1) is 21.1. The zero-order valence-corrected chi connectivity index (χ0v) is 25.8. The lowest BCUT2D eigenvalue weighted by Crippen LogP contribution is -2.36. The van der Waals surface area contributed by atoms with Crippen molar-refractivity contribution < 1.29 is 14.6 Å². The molecule has 3 aromatic heterocycles. The number of ether oxygens (including phenoxy) is 1. The van der Waals surface area contributed by atoms with Gasteiger partial charge in [0.15, 0.2) is 5.65 Å². The lowest BCUT2D eigenvalue weighted by Gasteiger charge is -2.32. The smallest absolute Gasteiger partial charge is 0.320 e. The summed E-state index contributed by atoms with van der Waals surface area (Å²) in [6.07, 6.45) is 3.26.